The lowest BCUT2D eigenvalue weighted by Crippen LogP contribution is -2.55. The van der Waals surface area contributed by atoms with Crippen LogP contribution in [0, 0.1) is 5.92 Å². The molecule has 1 saturated heterocycles. The number of hydrogen-bond acceptors (Lipinski definition) is 5. The van der Waals surface area contributed by atoms with Crippen molar-refractivity contribution < 1.29 is 24.8 Å². The van der Waals surface area contributed by atoms with Crippen LogP contribution in [0.3, 0.4) is 0 Å². The normalized spacial score (nSPS) is 42.2. The molecule has 3 N–H and O–H groups in total. The van der Waals surface area contributed by atoms with Gasteiger partial charge in [-0.05, 0) is 13.8 Å². The van der Waals surface area contributed by atoms with E-state index in [1.807, 2.05) is 13.8 Å². The van der Waals surface area contributed by atoms with Gasteiger partial charge in [0.1, 0.15) is 12.2 Å². The van der Waals surface area contributed by atoms with Gasteiger partial charge in [0.25, 0.3) is 0 Å². The van der Waals surface area contributed by atoms with Gasteiger partial charge in [-0.3, -0.25) is 0 Å². The molecule has 0 amide bonds. The molecule has 1 unspecified atom stereocenters. The van der Waals surface area contributed by atoms with Gasteiger partial charge < -0.3 is 24.8 Å². The van der Waals surface area contributed by atoms with E-state index in [4.69, 9.17) is 14.6 Å². The molecular weight excluding hydrogens is 200 g/mol. The van der Waals surface area contributed by atoms with Gasteiger partial charge in [-0.2, -0.15) is 0 Å². The third kappa shape index (κ3) is 2.89. The standard InChI is InChI=1S/C10H20O5/c1-5(2)14-10-9(13)6(3)8(12)7(4-11)15-10/h5-13H,4H2,1-3H3/t6-,7-,8+,9+,10?/m1/s1. The SMILES string of the molecule is CC(C)OC1O[C@H](CO)[C@@H](O)[C@@H](C)[C@@H]1O. The van der Waals surface area contributed by atoms with Crippen LogP contribution in [0.25, 0.3) is 0 Å². The highest BCUT2D eigenvalue weighted by Crippen LogP contribution is 2.26. The molecule has 1 aliphatic heterocycles. The summed E-state index contributed by atoms with van der Waals surface area (Å²) in [5.41, 5.74) is 0. The van der Waals surface area contributed by atoms with Crippen molar-refractivity contribution in [1.82, 2.24) is 0 Å². The van der Waals surface area contributed by atoms with Crippen LogP contribution in [-0.2, 0) is 9.47 Å². The fraction of sp³-hybridized carbons (Fsp3) is 1.00. The Hall–Kier alpha value is -0.200. The molecule has 1 heterocycles. The van der Waals surface area contributed by atoms with E-state index in [0.29, 0.717) is 0 Å². The molecule has 5 atom stereocenters. The van der Waals surface area contributed by atoms with Crippen molar-refractivity contribution >= 4 is 0 Å². The highest BCUT2D eigenvalue weighted by Gasteiger charge is 2.42. The third-order valence-electron chi connectivity index (χ3n) is 2.63. The Morgan fingerprint density at radius 2 is 1.87 bits per heavy atom. The van der Waals surface area contributed by atoms with Gasteiger partial charge in [0, 0.05) is 5.92 Å². The lowest BCUT2D eigenvalue weighted by atomic mass is 9.91. The minimum Gasteiger partial charge on any atom is -0.394 e. The second-order valence-corrected chi connectivity index (χ2v) is 4.25. The van der Waals surface area contributed by atoms with Gasteiger partial charge in [0.15, 0.2) is 6.29 Å². The van der Waals surface area contributed by atoms with Gasteiger partial charge in [-0.1, -0.05) is 6.92 Å². The first-order chi connectivity index (χ1) is 6.97. The minimum atomic E-state index is -0.870. The van der Waals surface area contributed by atoms with Gasteiger partial charge in [-0.25, -0.2) is 0 Å². The number of rotatable bonds is 3. The predicted molar refractivity (Wildman–Crippen MR) is 53.1 cm³/mol. The van der Waals surface area contributed by atoms with Crippen LogP contribution in [-0.4, -0.2) is 52.6 Å². The average molecular weight is 220 g/mol. The molecular formula is C10H20O5. The topological polar surface area (TPSA) is 79.2 Å². The lowest BCUT2D eigenvalue weighted by molar-refractivity contribution is -0.296. The summed E-state index contributed by atoms with van der Waals surface area (Å²) in [6, 6.07) is 0. The second-order valence-electron chi connectivity index (χ2n) is 4.25. The predicted octanol–water partition coefficient (Wildman–Crippen LogP) is -0.514. The molecule has 1 aliphatic rings. The fourth-order valence-electron chi connectivity index (χ4n) is 1.65. The summed E-state index contributed by atoms with van der Waals surface area (Å²) in [7, 11) is 0. The maximum atomic E-state index is 9.78. The molecule has 0 aromatic heterocycles. The zero-order chi connectivity index (χ0) is 11.6. The Bertz CT molecular complexity index is 194. The Morgan fingerprint density at radius 1 is 1.27 bits per heavy atom. The van der Waals surface area contributed by atoms with Gasteiger partial charge in [-0.15, -0.1) is 0 Å². The van der Waals surface area contributed by atoms with Gasteiger partial charge in [0.05, 0.1) is 18.8 Å². The van der Waals surface area contributed by atoms with Crippen LogP contribution in [0.1, 0.15) is 20.8 Å². The Balaban J connectivity index is 2.65. The van der Waals surface area contributed by atoms with E-state index in [0.717, 1.165) is 0 Å². The Morgan fingerprint density at radius 3 is 2.33 bits per heavy atom. The summed E-state index contributed by atoms with van der Waals surface area (Å²) in [5, 5.41) is 28.4. The van der Waals surface area contributed by atoms with Gasteiger partial charge in [0.2, 0.25) is 0 Å². The molecule has 0 aromatic rings. The quantitative estimate of drug-likeness (QED) is 0.597. The van der Waals surface area contributed by atoms with E-state index >= 15 is 0 Å². The molecule has 1 fully saturated rings. The monoisotopic (exact) mass is 220 g/mol. The van der Waals surface area contributed by atoms with Crippen LogP contribution >= 0.6 is 0 Å². The van der Waals surface area contributed by atoms with E-state index in [9.17, 15) is 10.2 Å². The fourth-order valence-corrected chi connectivity index (χ4v) is 1.65. The summed E-state index contributed by atoms with van der Waals surface area (Å²) < 4.78 is 10.6. The lowest BCUT2D eigenvalue weighted by Gasteiger charge is -2.41. The zero-order valence-corrected chi connectivity index (χ0v) is 9.33. The van der Waals surface area contributed by atoms with Crippen LogP contribution < -0.4 is 0 Å². The molecule has 0 spiro atoms. The zero-order valence-electron chi connectivity index (χ0n) is 9.33. The smallest absolute Gasteiger partial charge is 0.184 e. The van der Waals surface area contributed by atoms with Crippen LogP contribution in [0.4, 0.5) is 0 Å². The van der Waals surface area contributed by atoms with E-state index in [2.05, 4.69) is 0 Å². The van der Waals surface area contributed by atoms with Crippen molar-refractivity contribution in [2.75, 3.05) is 6.61 Å². The maximum absolute atomic E-state index is 9.78. The van der Waals surface area contributed by atoms with Crippen molar-refractivity contribution in [3.05, 3.63) is 0 Å². The third-order valence-corrected chi connectivity index (χ3v) is 2.63. The number of ether oxygens (including phenoxy) is 2. The second kappa shape index (κ2) is 5.23. The molecule has 5 nitrogen and oxygen atoms in total. The molecule has 0 saturated carbocycles. The van der Waals surface area contributed by atoms with Crippen LogP contribution in [0.2, 0.25) is 0 Å². The van der Waals surface area contributed by atoms with Crippen molar-refractivity contribution in [2.24, 2.45) is 5.92 Å². The van der Waals surface area contributed by atoms with E-state index < -0.39 is 24.6 Å². The van der Waals surface area contributed by atoms with Crippen LogP contribution in [0.5, 0.6) is 0 Å². The van der Waals surface area contributed by atoms with Crippen molar-refractivity contribution in [3.63, 3.8) is 0 Å². The van der Waals surface area contributed by atoms with Crippen molar-refractivity contribution in [3.8, 4) is 0 Å². The highest BCUT2D eigenvalue weighted by atomic mass is 16.7. The van der Waals surface area contributed by atoms with E-state index in [1.54, 1.807) is 6.92 Å². The molecule has 0 radical (unpaired) electrons. The summed E-state index contributed by atoms with van der Waals surface area (Å²) in [6.45, 7) is 5.09. The molecule has 0 bridgehead atoms. The number of hydrogen-bond donors (Lipinski definition) is 3. The summed E-state index contributed by atoms with van der Waals surface area (Å²) in [6.07, 6.45) is -3.28. The first-order valence-electron chi connectivity index (χ1n) is 5.25. The average Bonchev–Trinajstić information content (AvgIpc) is 2.18. The summed E-state index contributed by atoms with van der Waals surface area (Å²) >= 11 is 0. The number of aliphatic hydroxyl groups excluding tert-OH is 3. The minimum absolute atomic E-state index is 0.0774. The molecule has 1 rings (SSSR count). The Kier molecular flexibility index (Phi) is 4.48. The van der Waals surface area contributed by atoms with E-state index in [1.165, 1.54) is 0 Å². The first-order valence-corrected chi connectivity index (χ1v) is 5.25. The van der Waals surface area contributed by atoms with Crippen molar-refractivity contribution in [1.29, 1.82) is 0 Å². The maximum Gasteiger partial charge on any atom is 0.184 e. The molecule has 0 aromatic carbocycles. The molecule has 0 aliphatic carbocycles. The van der Waals surface area contributed by atoms with Gasteiger partial charge >= 0.3 is 0 Å². The molecule has 5 heteroatoms. The van der Waals surface area contributed by atoms with Crippen molar-refractivity contribution in [2.45, 2.75) is 51.5 Å². The molecule has 15 heavy (non-hydrogen) atoms. The largest absolute Gasteiger partial charge is 0.394 e. The Labute approximate surface area is 89.6 Å². The molecule has 90 valence electrons. The number of aliphatic hydroxyl groups is 3. The highest BCUT2D eigenvalue weighted by molar-refractivity contribution is 4.86. The summed E-state index contributed by atoms with van der Waals surface area (Å²) in [5.74, 6) is -0.375. The first kappa shape index (κ1) is 12.9. The van der Waals surface area contributed by atoms with Crippen LogP contribution in [0.15, 0.2) is 0 Å². The van der Waals surface area contributed by atoms with E-state index in [-0.39, 0.29) is 18.6 Å². The summed E-state index contributed by atoms with van der Waals surface area (Å²) in [4.78, 5) is 0.